The van der Waals surface area contributed by atoms with Crippen LogP contribution in [0.25, 0.3) is 17.2 Å². The Balaban J connectivity index is 2.27. The average molecular weight is 291 g/mol. The van der Waals surface area contributed by atoms with Crippen LogP contribution in [-0.4, -0.2) is 6.54 Å². The molecule has 0 amide bonds. The van der Waals surface area contributed by atoms with Gasteiger partial charge in [-0.3, -0.25) is 0 Å². The van der Waals surface area contributed by atoms with Crippen molar-refractivity contribution in [3.63, 3.8) is 0 Å². The van der Waals surface area contributed by atoms with E-state index in [1.54, 1.807) is 0 Å². The zero-order chi connectivity index (χ0) is 16.0. The van der Waals surface area contributed by atoms with Crippen LogP contribution in [-0.2, 0) is 0 Å². The van der Waals surface area contributed by atoms with Crippen molar-refractivity contribution in [2.45, 2.75) is 20.8 Å². The number of allylic oxidation sites excluding steroid dienone is 2. The van der Waals surface area contributed by atoms with Crippen LogP contribution in [0.1, 0.15) is 26.3 Å². The lowest BCUT2D eigenvalue weighted by Gasteiger charge is -2.20. The fourth-order valence-electron chi connectivity index (χ4n) is 2.39. The number of nitrogens with two attached hydrogens (primary N) is 1. The van der Waals surface area contributed by atoms with Crippen LogP contribution in [0.4, 0.5) is 0 Å². The summed E-state index contributed by atoms with van der Waals surface area (Å²) >= 11 is 0. The van der Waals surface area contributed by atoms with Gasteiger partial charge in [-0.1, -0.05) is 87.5 Å². The summed E-state index contributed by atoms with van der Waals surface area (Å²) in [6, 6.07) is 19.0. The van der Waals surface area contributed by atoms with Crippen LogP contribution < -0.4 is 5.73 Å². The second-order valence-corrected chi connectivity index (χ2v) is 6.47. The lowest BCUT2D eigenvalue weighted by Crippen LogP contribution is -2.09. The van der Waals surface area contributed by atoms with Crippen molar-refractivity contribution in [3.8, 4) is 11.1 Å². The number of hydrogen-bond acceptors (Lipinski definition) is 1. The largest absolute Gasteiger partial charge is 0.327 e. The van der Waals surface area contributed by atoms with Gasteiger partial charge in [0.05, 0.1) is 0 Å². The highest BCUT2D eigenvalue weighted by Gasteiger charge is 2.13. The molecule has 2 aromatic rings. The Morgan fingerprint density at radius 3 is 2.27 bits per heavy atom. The molecule has 0 bridgehead atoms. The van der Waals surface area contributed by atoms with Crippen molar-refractivity contribution in [3.05, 3.63) is 77.9 Å². The molecule has 2 rings (SSSR count). The van der Waals surface area contributed by atoms with Crippen LogP contribution in [0.3, 0.4) is 0 Å². The lowest BCUT2D eigenvalue weighted by molar-refractivity contribution is 0.516. The van der Waals surface area contributed by atoms with E-state index < -0.39 is 0 Å². The summed E-state index contributed by atoms with van der Waals surface area (Å²) in [5, 5.41) is 0. The van der Waals surface area contributed by atoms with Crippen LogP contribution >= 0.6 is 0 Å². The zero-order valence-electron chi connectivity index (χ0n) is 13.7. The third-order valence-electron chi connectivity index (χ3n) is 3.65. The van der Waals surface area contributed by atoms with Crippen LogP contribution in [0.2, 0.25) is 0 Å². The molecule has 0 unspecified atom stereocenters. The molecular formula is C21H25N. The third kappa shape index (κ3) is 4.44. The van der Waals surface area contributed by atoms with Crippen LogP contribution in [0.15, 0.2) is 72.3 Å². The van der Waals surface area contributed by atoms with Gasteiger partial charge in [-0.2, -0.15) is 0 Å². The van der Waals surface area contributed by atoms with E-state index in [-0.39, 0.29) is 5.41 Å². The van der Waals surface area contributed by atoms with Gasteiger partial charge in [-0.15, -0.1) is 0 Å². The Kier molecular flexibility index (Phi) is 5.35. The molecule has 1 nitrogen and oxygen atoms in total. The molecule has 0 saturated heterocycles. The van der Waals surface area contributed by atoms with Crippen LogP contribution in [0, 0.1) is 5.41 Å². The van der Waals surface area contributed by atoms with Crippen molar-refractivity contribution in [1.29, 1.82) is 0 Å². The van der Waals surface area contributed by atoms with E-state index in [1.807, 2.05) is 6.07 Å². The second-order valence-electron chi connectivity index (χ2n) is 6.47. The summed E-state index contributed by atoms with van der Waals surface area (Å²) in [6.45, 7) is 7.19. The highest BCUT2D eigenvalue weighted by Crippen LogP contribution is 2.27. The number of hydrogen-bond donors (Lipinski definition) is 1. The molecule has 0 atom stereocenters. The summed E-state index contributed by atoms with van der Waals surface area (Å²) in [5.74, 6) is 0. The SMILES string of the molecule is CC(C)(C)C(/C=C/c1cccc(-c2ccccc2)c1)=C/CN. The summed E-state index contributed by atoms with van der Waals surface area (Å²) in [5.41, 5.74) is 10.7. The number of benzene rings is 2. The topological polar surface area (TPSA) is 26.0 Å². The molecule has 0 heterocycles. The molecule has 0 aliphatic heterocycles. The molecule has 22 heavy (non-hydrogen) atoms. The maximum Gasteiger partial charge on any atom is 0.0112 e. The van der Waals surface area contributed by atoms with Gasteiger partial charge < -0.3 is 5.73 Å². The first kappa shape index (κ1) is 16.3. The minimum atomic E-state index is 0.104. The van der Waals surface area contributed by atoms with Gasteiger partial charge in [0.1, 0.15) is 0 Å². The van der Waals surface area contributed by atoms with Crippen LogP contribution in [0.5, 0.6) is 0 Å². The van der Waals surface area contributed by atoms with Crippen molar-refractivity contribution >= 4 is 6.08 Å². The molecule has 0 saturated carbocycles. The predicted molar refractivity (Wildman–Crippen MR) is 97.5 cm³/mol. The molecule has 0 radical (unpaired) electrons. The van der Waals surface area contributed by atoms with E-state index in [2.05, 4.69) is 87.5 Å². The first-order valence-corrected chi connectivity index (χ1v) is 7.75. The van der Waals surface area contributed by atoms with Gasteiger partial charge in [-0.25, -0.2) is 0 Å². The molecule has 2 N–H and O–H groups in total. The van der Waals surface area contributed by atoms with E-state index in [1.165, 1.54) is 22.3 Å². The van der Waals surface area contributed by atoms with E-state index in [0.717, 1.165) is 0 Å². The van der Waals surface area contributed by atoms with E-state index in [9.17, 15) is 0 Å². The second kappa shape index (κ2) is 7.24. The van der Waals surface area contributed by atoms with Crippen molar-refractivity contribution in [2.75, 3.05) is 6.54 Å². The van der Waals surface area contributed by atoms with Gasteiger partial charge in [0, 0.05) is 6.54 Å². The normalized spacial score (nSPS) is 12.8. The number of rotatable bonds is 4. The Labute approximate surface area is 134 Å². The van der Waals surface area contributed by atoms with E-state index >= 15 is 0 Å². The summed E-state index contributed by atoms with van der Waals surface area (Å²) in [7, 11) is 0. The first-order valence-electron chi connectivity index (χ1n) is 7.75. The Morgan fingerprint density at radius 2 is 1.64 bits per heavy atom. The molecule has 0 fully saturated rings. The Hall–Kier alpha value is -2.12. The standard InChI is InChI=1S/C21H25N/c1-21(2,3)20(14-15-22)13-12-17-8-7-11-19(16-17)18-9-5-4-6-10-18/h4-14,16H,15,22H2,1-3H3/b13-12+,20-14+. The van der Waals surface area contributed by atoms with Crippen molar-refractivity contribution in [1.82, 2.24) is 0 Å². The predicted octanol–water partition coefficient (Wildman–Crippen LogP) is 5.30. The highest BCUT2D eigenvalue weighted by molar-refractivity contribution is 5.67. The summed E-state index contributed by atoms with van der Waals surface area (Å²) < 4.78 is 0. The van der Waals surface area contributed by atoms with Gasteiger partial charge >= 0.3 is 0 Å². The van der Waals surface area contributed by atoms with Crippen molar-refractivity contribution < 1.29 is 0 Å². The van der Waals surface area contributed by atoms with E-state index in [4.69, 9.17) is 5.73 Å². The minimum absolute atomic E-state index is 0.104. The lowest BCUT2D eigenvalue weighted by atomic mass is 9.85. The maximum atomic E-state index is 5.68. The quantitative estimate of drug-likeness (QED) is 0.760. The highest BCUT2D eigenvalue weighted by atomic mass is 14.5. The Morgan fingerprint density at radius 1 is 0.955 bits per heavy atom. The molecule has 0 aromatic heterocycles. The molecule has 2 aromatic carbocycles. The maximum absolute atomic E-state index is 5.68. The third-order valence-corrected chi connectivity index (χ3v) is 3.65. The average Bonchev–Trinajstić information content (AvgIpc) is 2.51. The van der Waals surface area contributed by atoms with Gasteiger partial charge in [0.15, 0.2) is 0 Å². The minimum Gasteiger partial charge on any atom is -0.327 e. The van der Waals surface area contributed by atoms with Gasteiger partial charge in [0.25, 0.3) is 0 Å². The van der Waals surface area contributed by atoms with Crippen molar-refractivity contribution in [2.24, 2.45) is 11.1 Å². The van der Waals surface area contributed by atoms with Gasteiger partial charge in [-0.05, 0) is 33.7 Å². The summed E-state index contributed by atoms with van der Waals surface area (Å²) in [6.07, 6.45) is 6.44. The smallest absolute Gasteiger partial charge is 0.0112 e. The first-order chi connectivity index (χ1) is 10.5. The fraction of sp³-hybridized carbons (Fsp3) is 0.238. The van der Waals surface area contributed by atoms with Gasteiger partial charge in [0.2, 0.25) is 0 Å². The molecule has 0 spiro atoms. The monoisotopic (exact) mass is 291 g/mol. The molecule has 114 valence electrons. The summed E-state index contributed by atoms with van der Waals surface area (Å²) in [4.78, 5) is 0. The fourth-order valence-corrected chi connectivity index (χ4v) is 2.39. The molecular weight excluding hydrogens is 266 g/mol. The molecule has 0 aliphatic carbocycles. The molecule has 1 heteroatoms. The zero-order valence-corrected chi connectivity index (χ0v) is 13.7. The van der Waals surface area contributed by atoms with E-state index in [0.29, 0.717) is 6.54 Å². The Bertz CT molecular complexity index is 658. The molecule has 0 aliphatic rings.